The molecule has 2 aromatic rings. The van der Waals surface area contributed by atoms with Crippen molar-refractivity contribution in [1.82, 2.24) is 4.98 Å². The predicted octanol–water partition coefficient (Wildman–Crippen LogP) is 3.79. The van der Waals surface area contributed by atoms with Crippen LogP contribution in [0.2, 0.25) is 0 Å². The molecule has 142 valence electrons. The van der Waals surface area contributed by atoms with Crippen molar-refractivity contribution in [2.24, 2.45) is 5.41 Å². The lowest BCUT2D eigenvalue weighted by molar-refractivity contribution is -0.137. The third-order valence-corrected chi connectivity index (χ3v) is 5.17. The number of anilines is 1. The van der Waals surface area contributed by atoms with Gasteiger partial charge >= 0.3 is 6.18 Å². The van der Waals surface area contributed by atoms with Gasteiger partial charge in [0.05, 0.1) is 5.56 Å². The summed E-state index contributed by atoms with van der Waals surface area (Å²) in [5.74, 6) is 0.708. The Bertz CT molecular complexity index is 837. The molecule has 0 spiro atoms. The third kappa shape index (κ3) is 4.40. The molecule has 1 aromatic carbocycles. The normalized spacial score (nSPS) is 16.8. The number of halogens is 3. The fraction of sp³-hybridized carbons (Fsp3) is 0.400. The first-order valence-electron chi connectivity index (χ1n) is 8.74. The highest BCUT2D eigenvalue weighted by molar-refractivity contribution is 5.42. The molecule has 1 N–H and O–H groups in total. The van der Waals surface area contributed by atoms with E-state index >= 15 is 0 Å². The highest BCUT2D eigenvalue weighted by Crippen LogP contribution is 2.37. The van der Waals surface area contributed by atoms with Crippen molar-refractivity contribution in [3.8, 4) is 6.07 Å². The topological polar surface area (TPSA) is 60.2 Å². The number of aromatic nitrogens is 1. The molecule has 0 amide bonds. The van der Waals surface area contributed by atoms with Crippen LogP contribution in [0.3, 0.4) is 0 Å². The number of nitriles is 1. The number of rotatable bonds is 4. The van der Waals surface area contributed by atoms with Crippen molar-refractivity contribution in [1.29, 1.82) is 5.26 Å². The van der Waals surface area contributed by atoms with E-state index in [0.29, 0.717) is 49.4 Å². The average molecular weight is 375 g/mol. The van der Waals surface area contributed by atoms with Crippen molar-refractivity contribution in [3.05, 3.63) is 59.3 Å². The maximum absolute atomic E-state index is 12.9. The van der Waals surface area contributed by atoms with Gasteiger partial charge in [0.2, 0.25) is 0 Å². The first-order valence-corrected chi connectivity index (χ1v) is 8.74. The van der Waals surface area contributed by atoms with E-state index in [-0.39, 0.29) is 6.61 Å². The monoisotopic (exact) mass is 375 g/mol. The molecule has 0 atom stereocenters. The van der Waals surface area contributed by atoms with E-state index in [1.165, 1.54) is 12.1 Å². The number of alkyl halides is 3. The summed E-state index contributed by atoms with van der Waals surface area (Å²) in [7, 11) is 0. The van der Waals surface area contributed by atoms with Gasteiger partial charge in [-0.15, -0.1) is 0 Å². The zero-order chi connectivity index (χ0) is 19.5. The molecule has 0 aliphatic carbocycles. The zero-order valence-corrected chi connectivity index (χ0v) is 14.7. The minimum Gasteiger partial charge on any atom is -0.396 e. The van der Waals surface area contributed by atoms with Gasteiger partial charge in [0, 0.05) is 25.1 Å². The van der Waals surface area contributed by atoms with Crippen molar-refractivity contribution >= 4 is 5.82 Å². The molecule has 0 bridgehead atoms. The molecule has 3 rings (SSSR count). The van der Waals surface area contributed by atoms with Gasteiger partial charge in [-0.25, -0.2) is 4.98 Å². The van der Waals surface area contributed by atoms with Gasteiger partial charge in [-0.05, 0) is 43.0 Å². The summed E-state index contributed by atoms with van der Waals surface area (Å²) in [5, 5.41) is 19.0. The van der Waals surface area contributed by atoms with Gasteiger partial charge in [0.1, 0.15) is 17.6 Å². The molecule has 0 saturated carbocycles. The van der Waals surface area contributed by atoms with Crippen LogP contribution in [0.5, 0.6) is 0 Å². The fourth-order valence-corrected chi connectivity index (χ4v) is 3.55. The average Bonchev–Trinajstić information content (AvgIpc) is 2.68. The second-order valence-corrected chi connectivity index (χ2v) is 7.01. The van der Waals surface area contributed by atoms with Crippen LogP contribution in [0.15, 0.2) is 42.5 Å². The quantitative estimate of drug-likeness (QED) is 0.883. The number of nitrogens with zero attached hydrogens (tertiary/aromatic N) is 3. The summed E-state index contributed by atoms with van der Waals surface area (Å²) in [6.07, 6.45) is -2.70. The number of aliphatic hydroxyl groups excluding tert-OH is 1. The van der Waals surface area contributed by atoms with Gasteiger partial charge in [-0.2, -0.15) is 18.4 Å². The fourth-order valence-electron chi connectivity index (χ4n) is 3.55. The van der Waals surface area contributed by atoms with Crippen molar-refractivity contribution in [2.75, 3.05) is 24.6 Å². The SMILES string of the molecule is N#Cc1cccc(N2CCC(CO)(Cc3cccc(C(F)(F)F)c3)CC2)n1. The molecule has 1 aromatic heterocycles. The van der Waals surface area contributed by atoms with Crippen molar-refractivity contribution in [3.63, 3.8) is 0 Å². The summed E-state index contributed by atoms with van der Waals surface area (Å²) in [4.78, 5) is 6.33. The molecular formula is C20H20F3N3O. The van der Waals surface area contributed by atoms with E-state index in [1.54, 1.807) is 18.2 Å². The number of piperidine rings is 1. The van der Waals surface area contributed by atoms with Crippen LogP contribution in [0.25, 0.3) is 0 Å². The summed E-state index contributed by atoms with van der Waals surface area (Å²) >= 11 is 0. The standard InChI is InChI=1S/C20H20F3N3O/c21-20(22,23)16-4-1-3-15(11-16)12-19(14-27)7-9-26(10-8-19)18-6-2-5-17(13-24)25-18/h1-6,11,27H,7-10,12,14H2. The Morgan fingerprint density at radius 2 is 1.85 bits per heavy atom. The molecule has 0 radical (unpaired) electrons. The lowest BCUT2D eigenvalue weighted by Gasteiger charge is -2.41. The molecule has 4 nitrogen and oxygen atoms in total. The Labute approximate surface area is 155 Å². The highest BCUT2D eigenvalue weighted by atomic mass is 19.4. The van der Waals surface area contributed by atoms with Crippen LogP contribution < -0.4 is 4.90 Å². The van der Waals surface area contributed by atoms with Gasteiger partial charge in [-0.1, -0.05) is 24.3 Å². The largest absolute Gasteiger partial charge is 0.416 e. The van der Waals surface area contributed by atoms with Gasteiger partial charge in [-0.3, -0.25) is 0 Å². The van der Waals surface area contributed by atoms with Gasteiger partial charge < -0.3 is 10.0 Å². The molecule has 1 saturated heterocycles. The predicted molar refractivity (Wildman–Crippen MR) is 95.1 cm³/mol. The number of pyridine rings is 1. The van der Waals surface area contributed by atoms with Crippen LogP contribution in [-0.4, -0.2) is 29.8 Å². The maximum Gasteiger partial charge on any atom is 0.416 e. The van der Waals surface area contributed by atoms with E-state index < -0.39 is 17.2 Å². The Kier molecular flexibility index (Phi) is 5.38. The van der Waals surface area contributed by atoms with Crippen molar-refractivity contribution in [2.45, 2.75) is 25.4 Å². The molecule has 1 aliphatic rings. The summed E-state index contributed by atoms with van der Waals surface area (Å²) in [6, 6.07) is 12.6. The van der Waals surface area contributed by atoms with Gasteiger partial charge in [0.25, 0.3) is 0 Å². The highest BCUT2D eigenvalue weighted by Gasteiger charge is 2.36. The van der Waals surface area contributed by atoms with Crippen LogP contribution in [0.4, 0.5) is 19.0 Å². The molecular weight excluding hydrogens is 355 g/mol. The van der Waals surface area contributed by atoms with E-state index in [2.05, 4.69) is 4.98 Å². The summed E-state index contributed by atoms with van der Waals surface area (Å²) in [5.41, 5.74) is -0.191. The smallest absolute Gasteiger partial charge is 0.396 e. The van der Waals surface area contributed by atoms with Crippen LogP contribution >= 0.6 is 0 Å². The van der Waals surface area contributed by atoms with Gasteiger partial charge in [0.15, 0.2) is 0 Å². The first-order chi connectivity index (χ1) is 12.8. The molecule has 27 heavy (non-hydrogen) atoms. The van der Waals surface area contributed by atoms with Crippen molar-refractivity contribution < 1.29 is 18.3 Å². The number of hydrogen-bond donors (Lipinski definition) is 1. The minimum atomic E-state index is -4.37. The molecule has 1 fully saturated rings. The Morgan fingerprint density at radius 3 is 2.48 bits per heavy atom. The summed E-state index contributed by atoms with van der Waals surface area (Å²) < 4.78 is 38.8. The first kappa shape index (κ1) is 19.2. The molecule has 2 heterocycles. The number of aliphatic hydroxyl groups is 1. The van der Waals surface area contributed by atoms with E-state index in [0.717, 1.165) is 6.07 Å². The van der Waals surface area contributed by atoms with E-state index in [1.807, 2.05) is 17.0 Å². The minimum absolute atomic E-state index is 0.0806. The maximum atomic E-state index is 12.9. The lowest BCUT2D eigenvalue weighted by atomic mass is 9.74. The Balaban J connectivity index is 1.72. The van der Waals surface area contributed by atoms with Crippen LogP contribution in [0.1, 0.15) is 29.7 Å². The van der Waals surface area contributed by atoms with E-state index in [4.69, 9.17) is 5.26 Å². The van der Waals surface area contributed by atoms with E-state index in [9.17, 15) is 18.3 Å². The second kappa shape index (κ2) is 7.57. The third-order valence-electron chi connectivity index (χ3n) is 5.17. The second-order valence-electron chi connectivity index (χ2n) is 7.01. The lowest BCUT2D eigenvalue weighted by Crippen LogP contribution is -2.43. The summed E-state index contributed by atoms with van der Waals surface area (Å²) in [6.45, 7) is 1.17. The molecule has 7 heteroatoms. The number of hydrogen-bond acceptors (Lipinski definition) is 4. The Hall–Kier alpha value is -2.59. The van der Waals surface area contributed by atoms with Crippen LogP contribution in [0, 0.1) is 16.7 Å². The van der Waals surface area contributed by atoms with Crippen LogP contribution in [-0.2, 0) is 12.6 Å². The molecule has 1 aliphatic heterocycles. The molecule has 0 unspecified atom stereocenters. The number of benzene rings is 1. The zero-order valence-electron chi connectivity index (χ0n) is 14.7. The Morgan fingerprint density at radius 1 is 1.15 bits per heavy atom.